The van der Waals surface area contributed by atoms with Crippen LogP contribution in [0.5, 0.6) is 0 Å². The summed E-state index contributed by atoms with van der Waals surface area (Å²) in [6.07, 6.45) is 2.69. The summed E-state index contributed by atoms with van der Waals surface area (Å²) in [5, 5.41) is 10.8. The summed E-state index contributed by atoms with van der Waals surface area (Å²) in [7, 11) is 0. The molecule has 3 heteroatoms. The Kier molecular flexibility index (Phi) is 3.22. The maximum absolute atomic E-state index is 12.2. The first-order valence-corrected chi connectivity index (χ1v) is 6.75. The summed E-state index contributed by atoms with van der Waals surface area (Å²) in [4.78, 5) is 24.1. The lowest BCUT2D eigenvalue weighted by Crippen LogP contribution is -2.58. The maximum Gasteiger partial charge on any atom is 0.165 e. The minimum absolute atomic E-state index is 0.0651. The SMILES string of the molecule is CC1=C[C@H]2[C@H](CC1=O)[C@@H](C)CC(=O)[C@]2(O)C(C)C. The Morgan fingerprint density at radius 3 is 2.50 bits per heavy atom. The van der Waals surface area contributed by atoms with Crippen LogP contribution in [0.2, 0.25) is 0 Å². The van der Waals surface area contributed by atoms with Crippen LogP contribution >= 0.6 is 0 Å². The number of allylic oxidation sites excluding steroid dienone is 1. The van der Waals surface area contributed by atoms with Gasteiger partial charge in [-0.2, -0.15) is 0 Å². The Hall–Kier alpha value is -0.960. The van der Waals surface area contributed by atoms with E-state index in [1.165, 1.54) is 0 Å². The van der Waals surface area contributed by atoms with Crippen LogP contribution in [0.4, 0.5) is 0 Å². The molecule has 4 atom stereocenters. The molecular weight excluding hydrogens is 228 g/mol. The molecule has 0 aromatic rings. The lowest BCUT2D eigenvalue weighted by molar-refractivity contribution is -0.162. The van der Waals surface area contributed by atoms with Gasteiger partial charge in [0.1, 0.15) is 5.60 Å². The first-order chi connectivity index (χ1) is 8.28. The number of rotatable bonds is 1. The highest BCUT2D eigenvalue weighted by molar-refractivity contribution is 5.97. The van der Waals surface area contributed by atoms with E-state index < -0.39 is 5.60 Å². The van der Waals surface area contributed by atoms with Crippen molar-refractivity contribution >= 4 is 11.6 Å². The summed E-state index contributed by atoms with van der Waals surface area (Å²) in [6, 6.07) is 0. The molecule has 3 nitrogen and oxygen atoms in total. The smallest absolute Gasteiger partial charge is 0.165 e. The minimum Gasteiger partial charge on any atom is -0.381 e. The predicted octanol–water partition coefficient (Wildman–Crippen LogP) is 2.13. The molecule has 0 aromatic heterocycles. The quantitative estimate of drug-likeness (QED) is 0.775. The van der Waals surface area contributed by atoms with Crippen molar-refractivity contribution in [1.82, 2.24) is 0 Å². The average molecular weight is 250 g/mol. The molecule has 0 unspecified atom stereocenters. The van der Waals surface area contributed by atoms with Crippen molar-refractivity contribution in [3.05, 3.63) is 11.6 Å². The van der Waals surface area contributed by atoms with E-state index in [4.69, 9.17) is 0 Å². The average Bonchev–Trinajstić information content (AvgIpc) is 2.28. The number of hydrogen-bond donors (Lipinski definition) is 1. The van der Waals surface area contributed by atoms with Gasteiger partial charge in [-0.15, -0.1) is 0 Å². The minimum atomic E-state index is -1.29. The van der Waals surface area contributed by atoms with Gasteiger partial charge >= 0.3 is 0 Å². The Balaban J connectivity index is 2.49. The molecule has 1 fully saturated rings. The van der Waals surface area contributed by atoms with Crippen LogP contribution in [-0.4, -0.2) is 22.3 Å². The predicted molar refractivity (Wildman–Crippen MR) is 68.9 cm³/mol. The van der Waals surface area contributed by atoms with Crippen molar-refractivity contribution in [2.24, 2.45) is 23.7 Å². The summed E-state index contributed by atoms with van der Waals surface area (Å²) in [5.74, 6) is 0.0445. The molecule has 0 radical (unpaired) electrons. The zero-order valence-electron chi connectivity index (χ0n) is 11.6. The van der Waals surface area contributed by atoms with Crippen molar-refractivity contribution in [1.29, 1.82) is 0 Å². The molecule has 0 amide bonds. The van der Waals surface area contributed by atoms with E-state index in [0.29, 0.717) is 18.4 Å². The van der Waals surface area contributed by atoms with E-state index in [9.17, 15) is 14.7 Å². The fourth-order valence-corrected chi connectivity index (χ4v) is 3.50. The van der Waals surface area contributed by atoms with E-state index in [1.54, 1.807) is 6.92 Å². The van der Waals surface area contributed by atoms with E-state index in [2.05, 4.69) is 0 Å². The lowest BCUT2D eigenvalue weighted by Gasteiger charge is -2.49. The van der Waals surface area contributed by atoms with Gasteiger partial charge < -0.3 is 5.11 Å². The summed E-state index contributed by atoms with van der Waals surface area (Å²) in [5.41, 5.74) is -0.601. The fourth-order valence-electron chi connectivity index (χ4n) is 3.50. The van der Waals surface area contributed by atoms with Crippen LogP contribution in [-0.2, 0) is 9.59 Å². The third-order valence-electron chi connectivity index (χ3n) is 4.83. The van der Waals surface area contributed by atoms with Crippen LogP contribution in [0.3, 0.4) is 0 Å². The van der Waals surface area contributed by atoms with Crippen LogP contribution in [0.1, 0.15) is 40.5 Å². The molecular formula is C15H22O3. The van der Waals surface area contributed by atoms with E-state index in [-0.39, 0.29) is 35.2 Å². The zero-order valence-corrected chi connectivity index (χ0v) is 11.6. The Labute approximate surface area is 108 Å². The molecule has 0 heterocycles. The number of carbonyl (C=O) groups excluding carboxylic acids is 2. The Morgan fingerprint density at radius 2 is 1.94 bits per heavy atom. The van der Waals surface area contributed by atoms with Gasteiger partial charge in [-0.05, 0) is 30.3 Å². The largest absolute Gasteiger partial charge is 0.381 e. The van der Waals surface area contributed by atoms with Gasteiger partial charge in [0.2, 0.25) is 0 Å². The molecule has 0 saturated heterocycles. The normalized spacial score (nSPS) is 40.8. The molecule has 0 spiro atoms. The molecule has 0 aromatic carbocycles. The summed E-state index contributed by atoms with van der Waals surface area (Å²) >= 11 is 0. The summed E-state index contributed by atoms with van der Waals surface area (Å²) < 4.78 is 0. The molecule has 0 bridgehead atoms. The molecule has 2 rings (SSSR count). The highest BCUT2D eigenvalue weighted by Crippen LogP contribution is 2.47. The maximum atomic E-state index is 12.2. The van der Waals surface area contributed by atoms with Gasteiger partial charge in [-0.25, -0.2) is 0 Å². The number of ketones is 2. The first kappa shape index (κ1) is 13.5. The molecule has 1 N–H and O–H groups in total. The molecule has 2 aliphatic carbocycles. The van der Waals surface area contributed by atoms with Crippen molar-refractivity contribution in [3.63, 3.8) is 0 Å². The third-order valence-corrected chi connectivity index (χ3v) is 4.83. The van der Waals surface area contributed by atoms with Crippen LogP contribution < -0.4 is 0 Å². The highest BCUT2D eigenvalue weighted by atomic mass is 16.3. The van der Waals surface area contributed by atoms with Crippen molar-refractivity contribution in [3.8, 4) is 0 Å². The Morgan fingerprint density at radius 1 is 1.33 bits per heavy atom. The van der Waals surface area contributed by atoms with Crippen LogP contribution in [0.15, 0.2) is 11.6 Å². The Bertz CT molecular complexity index is 421. The lowest BCUT2D eigenvalue weighted by atomic mass is 9.57. The van der Waals surface area contributed by atoms with Gasteiger partial charge in [0.05, 0.1) is 0 Å². The van der Waals surface area contributed by atoms with Gasteiger partial charge in [-0.3, -0.25) is 9.59 Å². The number of Topliss-reactive ketones (excluding diaryl/α,β-unsaturated/α-hetero) is 2. The standard InChI is InChI=1S/C15H22O3/c1-8(2)15(18)12-5-10(4)13(16)7-11(12)9(3)6-14(15)17/h5,8-9,11-12,18H,6-7H2,1-4H3/t9-,11+,12-,15-/m0/s1. The van der Waals surface area contributed by atoms with Crippen molar-refractivity contribution < 1.29 is 14.7 Å². The molecule has 100 valence electrons. The second-order valence-electron chi connectivity index (χ2n) is 6.25. The van der Waals surface area contributed by atoms with Crippen molar-refractivity contribution in [2.75, 3.05) is 0 Å². The monoisotopic (exact) mass is 250 g/mol. The van der Waals surface area contributed by atoms with E-state index >= 15 is 0 Å². The van der Waals surface area contributed by atoms with Crippen molar-refractivity contribution in [2.45, 2.75) is 46.1 Å². The zero-order chi connectivity index (χ0) is 13.7. The first-order valence-electron chi connectivity index (χ1n) is 6.75. The number of aliphatic hydroxyl groups is 1. The second kappa shape index (κ2) is 4.30. The van der Waals surface area contributed by atoms with Gasteiger partial charge in [-0.1, -0.05) is 26.8 Å². The number of hydrogen-bond acceptors (Lipinski definition) is 3. The number of fused-ring (bicyclic) bond motifs is 1. The van der Waals surface area contributed by atoms with E-state index in [1.807, 2.05) is 26.8 Å². The number of carbonyl (C=O) groups is 2. The summed E-state index contributed by atoms with van der Waals surface area (Å²) in [6.45, 7) is 7.55. The molecule has 18 heavy (non-hydrogen) atoms. The molecule has 2 aliphatic rings. The third kappa shape index (κ3) is 1.76. The fraction of sp³-hybridized carbons (Fsp3) is 0.733. The van der Waals surface area contributed by atoms with E-state index in [0.717, 1.165) is 0 Å². The van der Waals surface area contributed by atoms with Gasteiger partial charge in [0, 0.05) is 18.8 Å². The molecule has 0 aliphatic heterocycles. The highest BCUT2D eigenvalue weighted by Gasteiger charge is 2.54. The van der Waals surface area contributed by atoms with Crippen LogP contribution in [0.25, 0.3) is 0 Å². The van der Waals surface area contributed by atoms with Gasteiger partial charge in [0.25, 0.3) is 0 Å². The van der Waals surface area contributed by atoms with Gasteiger partial charge in [0.15, 0.2) is 11.6 Å². The second-order valence-corrected chi connectivity index (χ2v) is 6.25. The molecule has 1 saturated carbocycles. The topological polar surface area (TPSA) is 54.4 Å². The van der Waals surface area contributed by atoms with Crippen LogP contribution in [0, 0.1) is 23.7 Å².